The van der Waals surface area contributed by atoms with Gasteiger partial charge in [-0.2, -0.15) is 0 Å². The minimum Gasteiger partial charge on any atom is -0.392 e. The fourth-order valence-corrected chi connectivity index (χ4v) is 4.12. The van der Waals surface area contributed by atoms with Crippen LogP contribution in [0.1, 0.15) is 11.1 Å². The predicted molar refractivity (Wildman–Crippen MR) is 85.5 cm³/mol. The van der Waals surface area contributed by atoms with E-state index in [1.807, 2.05) is 0 Å². The van der Waals surface area contributed by atoms with Crippen LogP contribution >= 0.6 is 27.5 Å². The first kappa shape index (κ1) is 16.5. The summed E-state index contributed by atoms with van der Waals surface area (Å²) in [5, 5.41) is 9.59. The van der Waals surface area contributed by atoms with E-state index in [4.69, 9.17) is 16.7 Å². The quantitative estimate of drug-likeness (QED) is 0.824. The second-order valence-electron chi connectivity index (χ2n) is 4.38. The van der Waals surface area contributed by atoms with Gasteiger partial charge in [0.1, 0.15) is 0 Å². The molecule has 2 aromatic rings. The number of sulfonamides is 1. The van der Waals surface area contributed by atoms with E-state index >= 15 is 0 Å². The van der Waals surface area contributed by atoms with Gasteiger partial charge in [-0.1, -0.05) is 29.8 Å². The van der Waals surface area contributed by atoms with Gasteiger partial charge in [-0.05, 0) is 51.3 Å². The number of rotatable bonds is 5. The summed E-state index contributed by atoms with van der Waals surface area (Å²) >= 11 is 9.07. The molecule has 0 aliphatic carbocycles. The molecule has 7 heteroatoms. The Morgan fingerprint density at radius 2 is 1.90 bits per heavy atom. The van der Waals surface area contributed by atoms with Gasteiger partial charge in [-0.3, -0.25) is 0 Å². The van der Waals surface area contributed by atoms with E-state index in [0.29, 0.717) is 15.1 Å². The standard InChI is InChI=1S/C14H13BrClNO3S/c15-13-7-11(9-18)4-5-14(13)21(19,20)17-8-10-2-1-3-12(16)6-10/h1-7,17-18H,8-9H2. The van der Waals surface area contributed by atoms with Crippen molar-refractivity contribution < 1.29 is 13.5 Å². The summed E-state index contributed by atoms with van der Waals surface area (Å²) in [6.07, 6.45) is 0. The van der Waals surface area contributed by atoms with Gasteiger partial charge in [0.05, 0.1) is 11.5 Å². The highest BCUT2D eigenvalue weighted by Gasteiger charge is 2.17. The SMILES string of the molecule is O=S(=O)(NCc1cccc(Cl)c1)c1ccc(CO)cc1Br. The van der Waals surface area contributed by atoms with E-state index in [2.05, 4.69) is 20.7 Å². The van der Waals surface area contributed by atoms with E-state index < -0.39 is 10.0 Å². The van der Waals surface area contributed by atoms with Crippen LogP contribution < -0.4 is 4.72 Å². The average molecular weight is 391 g/mol. The summed E-state index contributed by atoms with van der Waals surface area (Å²) in [5.74, 6) is 0. The Morgan fingerprint density at radius 1 is 1.14 bits per heavy atom. The Labute approximate surface area is 136 Å². The van der Waals surface area contributed by atoms with Gasteiger partial charge >= 0.3 is 0 Å². The van der Waals surface area contributed by atoms with Gasteiger partial charge in [0.25, 0.3) is 0 Å². The molecule has 0 radical (unpaired) electrons. The number of benzene rings is 2. The number of nitrogens with one attached hydrogen (secondary N) is 1. The van der Waals surface area contributed by atoms with Gasteiger partial charge in [0.15, 0.2) is 0 Å². The van der Waals surface area contributed by atoms with Gasteiger partial charge in [0, 0.05) is 16.0 Å². The van der Waals surface area contributed by atoms with E-state index in [-0.39, 0.29) is 18.0 Å². The fourth-order valence-electron chi connectivity index (χ4n) is 1.76. The molecule has 0 saturated carbocycles. The van der Waals surface area contributed by atoms with Crippen LogP contribution in [0.15, 0.2) is 51.8 Å². The molecule has 0 aliphatic rings. The lowest BCUT2D eigenvalue weighted by molar-refractivity contribution is 0.281. The molecule has 0 spiro atoms. The predicted octanol–water partition coefficient (Wildman–Crippen LogP) is 3.07. The molecule has 0 unspecified atom stereocenters. The van der Waals surface area contributed by atoms with Gasteiger partial charge in [0.2, 0.25) is 10.0 Å². The van der Waals surface area contributed by atoms with Crippen LogP contribution in [-0.4, -0.2) is 13.5 Å². The molecule has 21 heavy (non-hydrogen) atoms. The summed E-state index contributed by atoms with van der Waals surface area (Å²) in [7, 11) is -3.65. The highest BCUT2D eigenvalue weighted by atomic mass is 79.9. The van der Waals surface area contributed by atoms with E-state index in [0.717, 1.165) is 5.56 Å². The molecule has 112 valence electrons. The maximum absolute atomic E-state index is 12.3. The van der Waals surface area contributed by atoms with Crippen LogP contribution in [-0.2, 0) is 23.2 Å². The first-order valence-electron chi connectivity index (χ1n) is 6.06. The average Bonchev–Trinajstić information content (AvgIpc) is 2.45. The summed E-state index contributed by atoms with van der Waals surface area (Å²) in [6, 6.07) is 11.6. The molecule has 0 fully saturated rings. The lowest BCUT2D eigenvalue weighted by Crippen LogP contribution is -2.23. The third-order valence-electron chi connectivity index (χ3n) is 2.82. The van der Waals surface area contributed by atoms with Crippen LogP contribution in [0.5, 0.6) is 0 Å². The van der Waals surface area contributed by atoms with Crippen molar-refractivity contribution in [2.24, 2.45) is 0 Å². The summed E-state index contributed by atoms with van der Waals surface area (Å²) in [4.78, 5) is 0.127. The smallest absolute Gasteiger partial charge is 0.241 e. The third kappa shape index (κ3) is 4.28. The second kappa shape index (κ2) is 6.89. The minimum atomic E-state index is -3.65. The zero-order valence-electron chi connectivity index (χ0n) is 10.9. The maximum Gasteiger partial charge on any atom is 0.241 e. The Balaban J connectivity index is 2.19. The highest BCUT2D eigenvalue weighted by molar-refractivity contribution is 9.10. The van der Waals surface area contributed by atoms with Crippen molar-refractivity contribution in [2.75, 3.05) is 0 Å². The number of hydrogen-bond acceptors (Lipinski definition) is 3. The molecule has 0 aliphatic heterocycles. The third-order valence-corrected chi connectivity index (χ3v) is 5.44. The van der Waals surface area contributed by atoms with Gasteiger partial charge in [-0.15, -0.1) is 0 Å². The molecule has 4 nitrogen and oxygen atoms in total. The number of hydrogen-bond donors (Lipinski definition) is 2. The van der Waals surface area contributed by atoms with Crippen molar-refractivity contribution in [3.63, 3.8) is 0 Å². The first-order valence-corrected chi connectivity index (χ1v) is 8.71. The summed E-state index contributed by atoms with van der Waals surface area (Å²) in [6.45, 7) is 0.00591. The topological polar surface area (TPSA) is 66.4 Å². The monoisotopic (exact) mass is 389 g/mol. The van der Waals surface area contributed by atoms with Gasteiger partial charge < -0.3 is 5.11 Å². The molecule has 0 aromatic heterocycles. The molecule has 2 N–H and O–H groups in total. The minimum absolute atomic E-state index is 0.127. The Morgan fingerprint density at radius 3 is 2.52 bits per heavy atom. The molecule has 0 bridgehead atoms. The van der Waals surface area contributed by atoms with Crippen molar-refractivity contribution in [3.8, 4) is 0 Å². The summed E-state index contributed by atoms with van der Waals surface area (Å²) in [5.41, 5.74) is 1.41. The largest absolute Gasteiger partial charge is 0.392 e. The van der Waals surface area contributed by atoms with Crippen molar-refractivity contribution in [1.29, 1.82) is 0 Å². The zero-order valence-corrected chi connectivity index (χ0v) is 14.0. The van der Waals surface area contributed by atoms with Crippen molar-refractivity contribution in [3.05, 3.63) is 63.1 Å². The normalized spacial score (nSPS) is 11.6. The van der Waals surface area contributed by atoms with Crippen LogP contribution in [0.4, 0.5) is 0 Å². The molecule has 2 aromatic carbocycles. The summed E-state index contributed by atoms with van der Waals surface area (Å²) < 4.78 is 27.5. The van der Waals surface area contributed by atoms with E-state index in [1.54, 1.807) is 36.4 Å². The number of aliphatic hydroxyl groups excluding tert-OH is 1. The fraction of sp³-hybridized carbons (Fsp3) is 0.143. The molecule has 0 saturated heterocycles. The van der Waals surface area contributed by atoms with Crippen LogP contribution in [0.25, 0.3) is 0 Å². The lowest BCUT2D eigenvalue weighted by Gasteiger charge is -2.09. The molecule has 2 rings (SSSR count). The van der Waals surface area contributed by atoms with Crippen LogP contribution in [0.3, 0.4) is 0 Å². The molecular formula is C14H13BrClNO3S. The molecule has 0 amide bonds. The van der Waals surface area contributed by atoms with Gasteiger partial charge in [-0.25, -0.2) is 13.1 Å². The second-order valence-corrected chi connectivity index (χ2v) is 7.40. The highest BCUT2D eigenvalue weighted by Crippen LogP contribution is 2.23. The Kier molecular flexibility index (Phi) is 5.40. The number of halogens is 2. The molecule has 0 atom stereocenters. The van der Waals surface area contributed by atoms with Crippen LogP contribution in [0, 0.1) is 0 Å². The van der Waals surface area contributed by atoms with E-state index in [9.17, 15) is 8.42 Å². The molecule has 0 heterocycles. The van der Waals surface area contributed by atoms with Crippen LogP contribution in [0.2, 0.25) is 5.02 Å². The maximum atomic E-state index is 12.3. The van der Waals surface area contributed by atoms with Crippen molar-refractivity contribution in [2.45, 2.75) is 18.0 Å². The zero-order chi connectivity index (χ0) is 15.5. The van der Waals surface area contributed by atoms with Crippen molar-refractivity contribution >= 4 is 37.6 Å². The Hall–Kier alpha value is -0.920. The van der Waals surface area contributed by atoms with Crippen molar-refractivity contribution in [1.82, 2.24) is 4.72 Å². The molecular weight excluding hydrogens is 378 g/mol. The van der Waals surface area contributed by atoms with E-state index in [1.165, 1.54) is 6.07 Å². The Bertz CT molecular complexity index is 750. The lowest BCUT2D eigenvalue weighted by atomic mass is 10.2. The first-order chi connectivity index (χ1) is 9.92. The number of aliphatic hydroxyl groups is 1.